The van der Waals surface area contributed by atoms with Gasteiger partial charge in [-0.2, -0.15) is 5.26 Å². The highest BCUT2D eigenvalue weighted by molar-refractivity contribution is 5.14. The van der Waals surface area contributed by atoms with Gasteiger partial charge in [-0.05, 0) is 64.1 Å². The van der Waals surface area contributed by atoms with Gasteiger partial charge in [0.15, 0.2) is 0 Å². The van der Waals surface area contributed by atoms with E-state index in [9.17, 15) is 5.26 Å². The zero-order valence-corrected chi connectivity index (χ0v) is 14.0. The van der Waals surface area contributed by atoms with Gasteiger partial charge in [-0.25, -0.2) is 0 Å². The van der Waals surface area contributed by atoms with Crippen molar-refractivity contribution in [2.75, 3.05) is 19.6 Å². The molecule has 3 unspecified atom stereocenters. The summed E-state index contributed by atoms with van der Waals surface area (Å²) in [4.78, 5) is 2.72. The third-order valence-electron chi connectivity index (χ3n) is 5.75. The van der Waals surface area contributed by atoms with Crippen molar-refractivity contribution in [3.05, 3.63) is 0 Å². The molecule has 3 nitrogen and oxygen atoms in total. The lowest BCUT2D eigenvalue weighted by Crippen LogP contribution is -2.48. The largest absolute Gasteiger partial charge is 0.300 e. The minimum Gasteiger partial charge on any atom is -0.300 e. The minimum atomic E-state index is -0.234. The van der Waals surface area contributed by atoms with E-state index in [4.69, 9.17) is 0 Å². The molecule has 0 spiro atoms. The molecular formula is C18H33N3. The molecule has 0 radical (unpaired) electrons. The minimum absolute atomic E-state index is 0.234. The molecule has 0 aromatic carbocycles. The summed E-state index contributed by atoms with van der Waals surface area (Å²) >= 11 is 0. The highest BCUT2D eigenvalue weighted by Crippen LogP contribution is 2.38. The summed E-state index contributed by atoms with van der Waals surface area (Å²) in [6.07, 6.45) is 11.5. The van der Waals surface area contributed by atoms with Crippen molar-refractivity contribution in [1.82, 2.24) is 10.2 Å². The smallest absolute Gasteiger partial charge is 0.109 e. The van der Waals surface area contributed by atoms with Gasteiger partial charge in [-0.15, -0.1) is 0 Å². The van der Waals surface area contributed by atoms with Crippen molar-refractivity contribution in [3.63, 3.8) is 0 Å². The van der Waals surface area contributed by atoms with Crippen LogP contribution >= 0.6 is 0 Å². The molecule has 2 aliphatic rings. The fraction of sp³-hybridized carbons (Fsp3) is 0.944. The van der Waals surface area contributed by atoms with Crippen LogP contribution in [0.1, 0.15) is 71.6 Å². The highest BCUT2D eigenvalue weighted by atomic mass is 15.2. The van der Waals surface area contributed by atoms with Crippen molar-refractivity contribution in [2.24, 2.45) is 5.92 Å². The number of rotatable bonds is 6. The predicted molar refractivity (Wildman–Crippen MR) is 88.1 cm³/mol. The van der Waals surface area contributed by atoms with Gasteiger partial charge in [0, 0.05) is 6.04 Å². The molecule has 0 amide bonds. The first-order valence-electron chi connectivity index (χ1n) is 9.16. The maximum absolute atomic E-state index is 9.67. The molecule has 0 aromatic heterocycles. The molecule has 1 aliphatic heterocycles. The Hall–Kier alpha value is -0.590. The predicted octanol–water partition coefficient (Wildman–Crippen LogP) is 3.70. The Morgan fingerprint density at radius 2 is 2.05 bits per heavy atom. The van der Waals surface area contributed by atoms with Gasteiger partial charge in [0.25, 0.3) is 0 Å². The van der Waals surface area contributed by atoms with E-state index in [2.05, 4.69) is 30.1 Å². The molecule has 1 saturated carbocycles. The number of hydrogen-bond acceptors (Lipinski definition) is 3. The first-order chi connectivity index (χ1) is 10.3. The van der Waals surface area contributed by atoms with Crippen LogP contribution in [-0.4, -0.2) is 36.1 Å². The van der Waals surface area contributed by atoms with Crippen LogP contribution < -0.4 is 5.32 Å². The monoisotopic (exact) mass is 291 g/mol. The van der Waals surface area contributed by atoms with Gasteiger partial charge in [-0.3, -0.25) is 5.32 Å². The van der Waals surface area contributed by atoms with Crippen molar-refractivity contribution in [3.8, 4) is 6.07 Å². The van der Waals surface area contributed by atoms with E-state index >= 15 is 0 Å². The topological polar surface area (TPSA) is 39.1 Å². The lowest BCUT2D eigenvalue weighted by molar-refractivity contribution is 0.169. The standard InChI is InChI=1S/C18H33N3/c1-3-17-10-6-5-7-13-21(17)14-11-16-9-8-12-18(16,15-19)20-4-2/h16-17,20H,3-14H2,1-2H3. The number of likely N-dealkylation sites (tertiary alicyclic amines) is 1. The summed E-state index contributed by atoms with van der Waals surface area (Å²) in [7, 11) is 0. The molecule has 2 rings (SSSR count). The highest BCUT2D eigenvalue weighted by Gasteiger charge is 2.42. The van der Waals surface area contributed by atoms with Crippen LogP contribution in [0.5, 0.6) is 0 Å². The van der Waals surface area contributed by atoms with E-state index in [-0.39, 0.29) is 5.54 Å². The summed E-state index contributed by atoms with van der Waals surface area (Å²) in [5.74, 6) is 0.545. The summed E-state index contributed by atoms with van der Waals surface area (Å²) < 4.78 is 0. The Balaban J connectivity index is 1.92. The van der Waals surface area contributed by atoms with Crippen molar-refractivity contribution in [1.29, 1.82) is 5.26 Å². The first-order valence-corrected chi connectivity index (χ1v) is 9.16. The van der Waals surface area contributed by atoms with Crippen LogP contribution in [0.4, 0.5) is 0 Å². The fourth-order valence-electron chi connectivity index (χ4n) is 4.52. The summed E-state index contributed by atoms with van der Waals surface area (Å²) in [5, 5.41) is 13.2. The molecule has 21 heavy (non-hydrogen) atoms. The van der Waals surface area contributed by atoms with Crippen LogP contribution in [0.2, 0.25) is 0 Å². The van der Waals surface area contributed by atoms with Crippen LogP contribution in [0, 0.1) is 17.2 Å². The second kappa shape index (κ2) is 8.15. The van der Waals surface area contributed by atoms with Crippen molar-refractivity contribution < 1.29 is 0 Å². The summed E-state index contributed by atoms with van der Waals surface area (Å²) in [5.41, 5.74) is -0.234. The molecule has 2 fully saturated rings. The maximum Gasteiger partial charge on any atom is 0.109 e. The van der Waals surface area contributed by atoms with Gasteiger partial charge in [0.05, 0.1) is 6.07 Å². The molecule has 1 saturated heterocycles. The third-order valence-corrected chi connectivity index (χ3v) is 5.75. The van der Waals surface area contributed by atoms with Gasteiger partial charge in [0.2, 0.25) is 0 Å². The lowest BCUT2D eigenvalue weighted by atomic mass is 9.85. The molecule has 3 atom stereocenters. The molecule has 0 aromatic rings. The van der Waals surface area contributed by atoms with Gasteiger partial charge < -0.3 is 4.90 Å². The molecule has 0 bridgehead atoms. The number of nitrogens with zero attached hydrogens (tertiary/aromatic N) is 2. The van der Waals surface area contributed by atoms with Crippen molar-refractivity contribution in [2.45, 2.75) is 83.2 Å². The molecular weight excluding hydrogens is 258 g/mol. The average molecular weight is 291 g/mol. The average Bonchev–Trinajstić information content (AvgIpc) is 2.76. The van der Waals surface area contributed by atoms with E-state index in [0.717, 1.165) is 19.0 Å². The zero-order chi connectivity index (χ0) is 15.1. The third kappa shape index (κ3) is 3.99. The Kier molecular flexibility index (Phi) is 6.51. The van der Waals surface area contributed by atoms with Crippen LogP contribution in [-0.2, 0) is 0 Å². The van der Waals surface area contributed by atoms with E-state index in [1.165, 1.54) is 64.5 Å². The molecule has 1 heterocycles. The number of nitriles is 1. The Morgan fingerprint density at radius 1 is 1.19 bits per heavy atom. The van der Waals surface area contributed by atoms with E-state index < -0.39 is 0 Å². The quantitative estimate of drug-likeness (QED) is 0.811. The Bertz CT molecular complexity index is 349. The maximum atomic E-state index is 9.67. The van der Waals surface area contributed by atoms with Crippen LogP contribution in [0.15, 0.2) is 0 Å². The van der Waals surface area contributed by atoms with Crippen LogP contribution in [0.3, 0.4) is 0 Å². The molecule has 1 N–H and O–H groups in total. The zero-order valence-electron chi connectivity index (χ0n) is 14.0. The molecule has 120 valence electrons. The van der Waals surface area contributed by atoms with E-state index in [0.29, 0.717) is 5.92 Å². The Morgan fingerprint density at radius 3 is 2.76 bits per heavy atom. The van der Waals surface area contributed by atoms with E-state index in [1.807, 2.05) is 0 Å². The molecule has 3 heteroatoms. The second-order valence-corrected chi connectivity index (χ2v) is 6.94. The SMILES string of the molecule is CCNC1(C#N)CCCC1CCN1CCCCCC1CC. The van der Waals surface area contributed by atoms with Crippen molar-refractivity contribution >= 4 is 0 Å². The second-order valence-electron chi connectivity index (χ2n) is 6.94. The van der Waals surface area contributed by atoms with Gasteiger partial charge in [0.1, 0.15) is 5.54 Å². The van der Waals surface area contributed by atoms with Gasteiger partial charge >= 0.3 is 0 Å². The van der Waals surface area contributed by atoms with E-state index in [1.54, 1.807) is 0 Å². The summed E-state index contributed by atoms with van der Waals surface area (Å²) in [6.45, 7) is 7.82. The number of hydrogen-bond donors (Lipinski definition) is 1. The molecule has 1 aliphatic carbocycles. The lowest BCUT2D eigenvalue weighted by Gasteiger charge is -2.34. The number of nitrogens with one attached hydrogen (secondary N) is 1. The fourth-order valence-corrected chi connectivity index (χ4v) is 4.52. The first kappa shape index (κ1) is 16.8. The van der Waals surface area contributed by atoms with Crippen LogP contribution in [0.25, 0.3) is 0 Å². The summed E-state index contributed by atoms with van der Waals surface area (Å²) in [6, 6.07) is 3.41. The normalized spacial score (nSPS) is 34.5. The van der Waals surface area contributed by atoms with Gasteiger partial charge in [-0.1, -0.05) is 33.1 Å². The Labute approximate surface area is 131 Å².